The lowest BCUT2D eigenvalue weighted by Gasteiger charge is -2.22. The smallest absolute Gasteiger partial charge is 0.338 e. The van der Waals surface area contributed by atoms with Gasteiger partial charge >= 0.3 is 11.9 Å². The van der Waals surface area contributed by atoms with Crippen LogP contribution in [0.3, 0.4) is 0 Å². The SMILES string of the molecule is COC(=O)c1ccc(SC(C)(/C=C\C=C(/C)F)C(=O)OC)c([N+](=O)[O-])c1. The fraction of sp³-hybridized carbons (Fsp3) is 0.294. The third kappa shape index (κ3) is 5.41. The number of allylic oxidation sites excluding steroid dienone is 3. The third-order valence-corrected chi connectivity index (χ3v) is 4.52. The van der Waals surface area contributed by atoms with E-state index < -0.39 is 27.4 Å². The van der Waals surface area contributed by atoms with Gasteiger partial charge in [0.1, 0.15) is 4.75 Å². The molecule has 1 rings (SSSR count). The number of hydrogen-bond donors (Lipinski definition) is 0. The van der Waals surface area contributed by atoms with E-state index in [-0.39, 0.29) is 16.1 Å². The molecule has 26 heavy (non-hydrogen) atoms. The number of nitrogens with zero attached hydrogens (tertiary/aromatic N) is 1. The molecule has 0 spiro atoms. The van der Waals surface area contributed by atoms with Gasteiger partial charge in [-0.05, 0) is 32.1 Å². The van der Waals surface area contributed by atoms with Crippen molar-refractivity contribution < 1.29 is 28.4 Å². The van der Waals surface area contributed by atoms with Gasteiger partial charge in [0.15, 0.2) is 0 Å². The highest BCUT2D eigenvalue weighted by Crippen LogP contribution is 2.40. The van der Waals surface area contributed by atoms with Crippen LogP contribution < -0.4 is 0 Å². The zero-order valence-corrected chi connectivity index (χ0v) is 15.5. The van der Waals surface area contributed by atoms with Gasteiger partial charge in [0.2, 0.25) is 0 Å². The highest BCUT2D eigenvalue weighted by atomic mass is 32.2. The summed E-state index contributed by atoms with van der Waals surface area (Å²) in [7, 11) is 2.34. The maximum Gasteiger partial charge on any atom is 0.338 e. The Kier molecular flexibility index (Phi) is 7.51. The Morgan fingerprint density at radius 2 is 1.96 bits per heavy atom. The van der Waals surface area contributed by atoms with E-state index in [0.717, 1.165) is 31.0 Å². The Balaban J connectivity index is 3.36. The molecule has 0 aromatic heterocycles. The van der Waals surface area contributed by atoms with Gasteiger partial charge in [-0.15, -0.1) is 0 Å². The van der Waals surface area contributed by atoms with Crippen LogP contribution in [-0.4, -0.2) is 35.8 Å². The highest BCUT2D eigenvalue weighted by Gasteiger charge is 2.35. The van der Waals surface area contributed by atoms with Crippen molar-refractivity contribution in [3.63, 3.8) is 0 Å². The molecule has 0 N–H and O–H groups in total. The molecule has 0 heterocycles. The Hall–Kier alpha value is -2.68. The normalized spacial score (nSPS) is 14.0. The summed E-state index contributed by atoms with van der Waals surface area (Å²) in [5.74, 6) is -1.86. The van der Waals surface area contributed by atoms with Gasteiger partial charge in [-0.3, -0.25) is 14.9 Å². The largest absolute Gasteiger partial charge is 0.468 e. The van der Waals surface area contributed by atoms with Gasteiger partial charge in [0, 0.05) is 6.07 Å². The molecule has 0 aliphatic rings. The average Bonchev–Trinajstić information content (AvgIpc) is 2.59. The lowest BCUT2D eigenvalue weighted by Crippen LogP contribution is -2.30. The molecule has 0 aliphatic carbocycles. The van der Waals surface area contributed by atoms with E-state index in [1.165, 1.54) is 45.2 Å². The maximum absolute atomic E-state index is 12.9. The first-order chi connectivity index (χ1) is 12.1. The molecule has 140 valence electrons. The number of rotatable bonds is 7. The van der Waals surface area contributed by atoms with Crippen molar-refractivity contribution in [1.29, 1.82) is 0 Å². The van der Waals surface area contributed by atoms with E-state index in [9.17, 15) is 24.1 Å². The first kappa shape index (κ1) is 21.4. The molecule has 0 aliphatic heterocycles. The van der Waals surface area contributed by atoms with Crippen LogP contribution >= 0.6 is 11.8 Å². The van der Waals surface area contributed by atoms with Crippen LogP contribution in [0.25, 0.3) is 0 Å². The molecule has 0 fully saturated rings. The minimum absolute atomic E-state index is 0.00912. The van der Waals surface area contributed by atoms with Gasteiger partial charge in [-0.1, -0.05) is 23.9 Å². The molecule has 1 unspecified atom stereocenters. The van der Waals surface area contributed by atoms with E-state index in [2.05, 4.69) is 4.74 Å². The number of ether oxygens (including phenoxy) is 2. The van der Waals surface area contributed by atoms with E-state index in [1.807, 2.05) is 0 Å². The summed E-state index contributed by atoms with van der Waals surface area (Å²) in [5.41, 5.74) is -0.353. The summed E-state index contributed by atoms with van der Waals surface area (Å²) in [4.78, 5) is 34.6. The van der Waals surface area contributed by atoms with Crippen LogP contribution in [0.15, 0.2) is 47.1 Å². The van der Waals surface area contributed by atoms with Crippen LogP contribution in [0.5, 0.6) is 0 Å². The quantitative estimate of drug-likeness (QED) is 0.232. The second kappa shape index (κ2) is 9.14. The summed E-state index contributed by atoms with van der Waals surface area (Å²) in [5, 5.41) is 11.4. The van der Waals surface area contributed by atoms with Crippen molar-refractivity contribution in [3.8, 4) is 0 Å². The number of halogens is 1. The summed E-state index contributed by atoms with van der Waals surface area (Å²) in [6.45, 7) is 2.72. The number of hydrogen-bond acceptors (Lipinski definition) is 7. The highest BCUT2D eigenvalue weighted by molar-refractivity contribution is 8.01. The Morgan fingerprint density at radius 3 is 2.46 bits per heavy atom. The Morgan fingerprint density at radius 1 is 1.31 bits per heavy atom. The Bertz CT molecular complexity index is 773. The lowest BCUT2D eigenvalue weighted by atomic mass is 10.1. The fourth-order valence-electron chi connectivity index (χ4n) is 1.93. The molecule has 0 saturated carbocycles. The topological polar surface area (TPSA) is 95.7 Å². The molecule has 0 saturated heterocycles. The van der Waals surface area contributed by atoms with Crippen LogP contribution in [0.4, 0.5) is 10.1 Å². The second-order valence-electron chi connectivity index (χ2n) is 5.24. The zero-order valence-electron chi connectivity index (χ0n) is 14.6. The third-order valence-electron chi connectivity index (χ3n) is 3.23. The summed E-state index contributed by atoms with van der Waals surface area (Å²) in [6.07, 6.45) is 3.86. The molecule has 1 aromatic carbocycles. The van der Waals surface area contributed by atoms with Crippen molar-refractivity contribution in [2.45, 2.75) is 23.5 Å². The molecule has 0 radical (unpaired) electrons. The van der Waals surface area contributed by atoms with Crippen LogP contribution in [0.2, 0.25) is 0 Å². The minimum atomic E-state index is -1.35. The molecule has 0 amide bonds. The number of carbonyl (C=O) groups is 2. The molecule has 1 aromatic rings. The monoisotopic (exact) mass is 383 g/mol. The van der Waals surface area contributed by atoms with Crippen molar-refractivity contribution in [1.82, 2.24) is 0 Å². The first-order valence-electron chi connectivity index (χ1n) is 7.30. The van der Waals surface area contributed by atoms with Crippen molar-refractivity contribution in [2.75, 3.05) is 14.2 Å². The second-order valence-corrected chi connectivity index (χ2v) is 6.74. The van der Waals surface area contributed by atoms with Gasteiger partial charge in [-0.25, -0.2) is 9.18 Å². The van der Waals surface area contributed by atoms with Crippen LogP contribution in [0.1, 0.15) is 24.2 Å². The molecule has 0 bridgehead atoms. The number of esters is 2. The van der Waals surface area contributed by atoms with Crippen LogP contribution in [-0.2, 0) is 14.3 Å². The number of nitro benzene ring substituents is 1. The Labute approximate surface area is 154 Å². The molecule has 1 atom stereocenters. The zero-order chi connectivity index (χ0) is 19.9. The van der Waals surface area contributed by atoms with E-state index >= 15 is 0 Å². The van der Waals surface area contributed by atoms with Gasteiger partial charge in [0.25, 0.3) is 5.69 Å². The van der Waals surface area contributed by atoms with Gasteiger partial charge in [0.05, 0.1) is 35.4 Å². The van der Waals surface area contributed by atoms with Crippen molar-refractivity contribution >= 4 is 29.4 Å². The lowest BCUT2D eigenvalue weighted by molar-refractivity contribution is -0.387. The minimum Gasteiger partial charge on any atom is -0.468 e. The van der Waals surface area contributed by atoms with E-state index in [0.29, 0.717) is 0 Å². The number of methoxy groups -OCH3 is 2. The molecule has 9 heteroatoms. The van der Waals surface area contributed by atoms with Crippen LogP contribution in [0, 0.1) is 10.1 Å². The predicted molar refractivity (Wildman–Crippen MR) is 94.7 cm³/mol. The predicted octanol–water partition coefficient (Wildman–Crippen LogP) is 3.83. The van der Waals surface area contributed by atoms with Gasteiger partial charge in [-0.2, -0.15) is 0 Å². The van der Waals surface area contributed by atoms with Gasteiger partial charge < -0.3 is 9.47 Å². The number of thioether (sulfide) groups is 1. The standard InChI is InChI=1S/C17H18FNO6S/c1-11(18)6-5-9-17(2,16(21)25-4)26-14-8-7-12(15(20)24-3)10-13(14)19(22)23/h5-10H,1-4H3/b9-5-,11-6+. The molecule has 7 nitrogen and oxygen atoms in total. The summed E-state index contributed by atoms with van der Waals surface area (Å²) >= 11 is 0.852. The summed E-state index contributed by atoms with van der Waals surface area (Å²) in [6, 6.07) is 3.77. The molecular weight excluding hydrogens is 365 g/mol. The van der Waals surface area contributed by atoms with E-state index in [4.69, 9.17) is 4.74 Å². The number of benzene rings is 1. The van der Waals surface area contributed by atoms with Crippen molar-refractivity contribution in [2.24, 2.45) is 0 Å². The number of carbonyl (C=O) groups excluding carboxylic acids is 2. The molecular formula is C17H18FNO6S. The van der Waals surface area contributed by atoms with Crippen molar-refractivity contribution in [3.05, 3.63) is 57.9 Å². The average molecular weight is 383 g/mol. The first-order valence-corrected chi connectivity index (χ1v) is 8.12. The number of nitro groups is 1. The van der Waals surface area contributed by atoms with E-state index in [1.54, 1.807) is 0 Å². The summed E-state index contributed by atoms with van der Waals surface area (Å²) < 4.78 is 20.8. The fourth-order valence-corrected chi connectivity index (χ4v) is 3.07. The maximum atomic E-state index is 12.9.